The molecule has 0 radical (unpaired) electrons. The molecule has 6 aliphatic rings. The number of aliphatic hydroxyl groups excluding tert-OH is 1. The van der Waals surface area contributed by atoms with Gasteiger partial charge in [-0.15, -0.1) is 0 Å². The highest BCUT2D eigenvalue weighted by Crippen LogP contribution is 2.52. The Hall–Kier alpha value is -5.99. The summed E-state index contributed by atoms with van der Waals surface area (Å²) in [6, 6.07) is 37.9. The SMILES string of the molecule is CNCC(=O)NCCCN1CCC(CCCN2c3ccccc3Sc3ccc(C(F)(F)F)cc32)CC1.NCCN1CCN(CCCN2c3ccccc3Sc3ccc(C(=O)O)cc32)CC1.OCCN1CCC(CCCN2c3ccccc3Sc3ccc(C(F)(F)F)cc32)CC1. The molecule has 6 N–H and O–H groups in total. The van der Waals surface area contributed by atoms with Crippen molar-refractivity contribution in [3.63, 3.8) is 0 Å². The largest absolute Gasteiger partial charge is 0.478 e. The molecule has 0 unspecified atom stereocenters. The van der Waals surface area contributed by atoms with Gasteiger partial charge < -0.3 is 56.0 Å². The first kappa shape index (κ1) is 71.8. The van der Waals surface area contributed by atoms with E-state index in [1.165, 1.54) is 58.4 Å². The number of β-amino-alcohol motifs (C(OH)–C–C–N with tert-alkyl or cyclic N) is 1. The lowest BCUT2D eigenvalue weighted by Gasteiger charge is -2.36. The van der Waals surface area contributed by atoms with Gasteiger partial charge in [0.1, 0.15) is 0 Å². The Morgan fingerprint density at radius 2 is 0.874 bits per heavy atom. The molecule has 3 saturated heterocycles. The van der Waals surface area contributed by atoms with E-state index in [0.29, 0.717) is 55.0 Å². The van der Waals surface area contributed by atoms with E-state index in [-0.39, 0.29) is 12.5 Å². The van der Waals surface area contributed by atoms with E-state index in [2.05, 4.69) is 69.2 Å². The van der Waals surface area contributed by atoms with Crippen LogP contribution in [-0.2, 0) is 17.1 Å². The summed E-state index contributed by atoms with van der Waals surface area (Å²) in [4.78, 5) is 45.4. The second-order valence-electron chi connectivity index (χ2n) is 25.1. The third kappa shape index (κ3) is 19.7. The second kappa shape index (κ2) is 34.5. The lowest BCUT2D eigenvalue weighted by atomic mass is 9.92. The highest BCUT2D eigenvalue weighted by Gasteiger charge is 2.36. The van der Waals surface area contributed by atoms with Gasteiger partial charge in [-0.3, -0.25) is 9.69 Å². The zero-order valence-electron chi connectivity index (χ0n) is 54.2. The predicted octanol–water partition coefficient (Wildman–Crippen LogP) is 14.3. The van der Waals surface area contributed by atoms with Crippen LogP contribution in [0.15, 0.2) is 157 Å². The number of likely N-dealkylation sites (tertiary alicyclic amines) is 2. The van der Waals surface area contributed by atoms with E-state index < -0.39 is 29.4 Å². The number of hydrogen-bond acceptors (Lipinski definition) is 15. The normalized spacial score (nSPS) is 17.0. The Balaban J connectivity index is 0.000000156. The number of carboxylic acids is 1. The van der Waals surface area contributed by atoms with Crippen molar-refractivity contribution < 1.29 is 46.1 Å². The number of carbonyl (C=O) groups is 2. The lowest BCUT2D eigenvalue weighted by Crippen LogP contribution is -2.48. The molecule has 0 aliphatic carbocycles. The van der Waals surface area contributed by atoms with Crippen molar-refractivity contribution in [2.45, 2.75) is 106 Å². The summed E-state index contributed by atoms with van der Waals surface area (Å²) in [5.41, 5.74) is 10.3. The molecule has 3 fully saturated rings. The number of alkyl halides is 6. The Bertz CT molecular complexity index is 3470. The molecule has 0 spiro atoms. The van der Waals surface area contributed by atoms with E-state index in [0.717, 1.165) is 197 Å². The molecule has 1 amide bonds. The first-order valence-corrected chi connectivity index (χ1v) is 36.0. The van der Waals surface area contributed by atoms with Crippen molar-refractivity contribution in [2.24, 2.45) is 17.6 Å². The Kier molecular flexibility index (Phi) is 26.1. The summed E-state index contributed by atoms with van der Waals surface area (Å²) in [7, 11) is 1.76. The highest BCUT2D eigenvalue weighted by atomic mass is 32.2. The van der Waals surface area contributed by atoms with E-state index in [9.17, 15) is 41.0 Å². The maximum atomic E-state index is 13.4. The molecule has 95 heavy (non-hydrogen) atoms. The van der Waals surface area contributed by atoms with Crippen LogP contribution in [0.3, 0.4) is 0 Å². The zero-order valence-corrected chi connectivity index (χ0v) is 56.6. The number of piperidine rings is 2. The van der Waals surface area contributed by atoms with Gasteiger partial charge in [0.05, 0.1) is 64.0 Å². The number of benzene rings is 6. The first-order chi connectivity index (χ1) is 46.0. The van der Waals surface area contributed by atoms with Crippen molar-refractivity contribution >= 4 is 81.3 Å². The summed E-state index contributed by atoms with van der Waals surface area (Å²) in [6.45, 7) is 16.6. The number of nitrogens with one attached hydrogen (secondary N) is 2. The van der Waals surface area contributed by atoms with Gasteiger partial charge in [0.2, 0.25) is 5.91 Å². The number of halogens is 6. The number of piperazine rings is 1. The summed E-state index contributed by atoms with van der Waals surface area (Å²) < 4.78 is 80.2. The van der Waals surface area contributed by atoms with Crippen LogP contribution in [0.25, 0.3) is 0 Å². The highest BCUT2D eigenvalue weighted by molar-refractivity contribution is 8.00. The third-order valence-corrected chi connectivity index (χ3v) is 22.1. The van der Waals surface area contributed by atoms with Crippen molar-refractivity contribution in [3.05, 3.63) is 144 Å². The zero-order chi connectivity index (χ0) is 66.9. The van der Waals surface area contributed by atoms with Gasteiger partial charge >= 0.3 is 18.3 Å². The van der Waals surface area contributed by atoms with Gasteiger partial charge in [0.15, 0.2) is 0 Å². The lowest BCUT2D eigenvalue weighted by molar-refractivity contribution is -0.138. The number of aromatic carboxylic acids is 1. The average Bonchev–Trinajstić information content (AvgIpc) is 0.784. The fourth-order valence-corrected chi connectivity index (χ4v) is 16.8. The van der Waals surface area contributed by atoms with Crippen LogP contribution in [0.5, 0.6) is 0 Å². The molecule has 6 aromatic carbocycles. The molecule has 6 heterocycles. The minimum atomic E-state index is -4.35. The molecule has 12 rings (SSSR count). The Morgan fingerprint density at radius 1 is 0.484 bits per heavy atom. The molecule has 23 heteroatoms. The van der Waals surface area contributed by atoms with Crippen LogP contribution < -0.4 is 31.1 Å². The minimum Gasteiger partial charge on any atom is -0.478 e. The Labute approximate surface area is 568 Å². The molecular weight excluding hydrogens is 1280 g/mol. The number of carboxylic acid groups (broad SMARTS) is 1. The molecule has 6 aromatic rings. The second-order valence-corrected chi connectivity index (χ2v) is 28.4. The predicted molar refractivity (Wildman–Crippen MR) is 371 cm³/mol. The average molecular weight is 1370 g/mol. The van der Waals surface area contributed by atoms with Gasteiger partial charge in [-0.2, -0.15) is 26.3 Å². The van der Waals surface area contributed by atoms with Crippen molar-refractivity contribution in [3.8, 4) is 0 Å². The van der Waals surface area contributed by atoms with E-state index in [1.54, 1.807) is 37.0 Å². The molecular formula is C72H90F6N10O4S3. The summed E-state index contributed by atoms with van der Waals surface area (Å²) in [5.74, 6) is 0.442. The number of carbonyl (C=O) groups excluding carboxylic acids is 1. The van der Waals surface area contributed by atoms with Crippen LogP contribution in [0, 0.1) is 11.8 Å². The number of likely N-dealkylation sites (N-methyl/N-ethyl adjacent to an activating group) is 1. The molecule has 0 saturated carbocycles. The Morgan fingerprint density at radius 3 is 1.31 bits per heavy atom. The van der Waals surface area contributed by atoms with Gasteiger partial charge in [-0.1, -0.05) is 71.7 Å². The van der Waals surface area contributed by atoms with Crippen molar-refractivity contribution in [2.75, 3.05) is 146 Å². The van der Waals surface area contributed by atoms with Gasteiger partial charge in [-0.25, -0.2) is 4.79 Å². The number of aliphatic hydroxyl groups is 1. The van der Waals surface area contributed by atoms with E-state index >= 15 is 0 Å². The smallest absolute Gasteiger partial charge is 0.416 e. The monoisotopic (exact) mass is 1370 g/mol. The van der Waals surface area contributed by atoms with Crippen LogP contribution in [0.1, 0.15) is 85.7 Å². The van der Waals surface area contributed by atoms with E-state index in [4.69, 9.17) is 10.8 Å². The standard InChI is InChI=1S/C27H35F3N4OS.C23H27F3N2OS.C22H28N4O2S/c1-31-19-26(35)32-13-5-14-33-16-11-20(12-17-33)6-4-15-34-22-7-2-3-8-24(22)36-25-10-9-21(18-23(25)34)27(28,29)30;24-23(25,26)18-7-8-22-20(16-18)28(19-5-1-2-6-21(19)30-22)11-3-4-17-9-12-27(13-10-17)14-15-29;23-8-11-25-14-12-24(13-15-25)9-3-10-26-18-4-1-2-5-20(18)29-21-7-6-17(22(27)28)16-19(21)26/h2-3,7-10,18,20,31H,4-6,11-17,19H2,1H3,(H,32,35);1-2,5-8,16-17,29H,3-4,9-15H2;1-2,4-7,16H,3,8-15,23H2,(H,27,28). The quantitative estimate of drug-likeness (QED) is 0.0306. The molecule has 0 bridgehead atoms. The summed E-state index contributed by atoms with van der Waals surface area (Å²) >= 11 is 4.79. The van der Waals surface area contributed by atoms with Gasteiger partial charge in [0, 0.05) is 101 Å². The number of amides is 1. The fraction of sp³-hybridized carbons (Fsp3) is 0.472. The molecule has 14 nitrogen and oxygen atoms in total. The van der Waals surface area contributed by atoms with Crippen molar-refractivity contribution in [1.29, 1.82) is 0 Å². The van der Waals surface area contributed by atoms with Crippen molar-refractivity contribution in [1.82, 2.24) is 30.2 Å². The maximum Gasteiger partial charge on any atom is 0.416 e. The summed E-state index contributed by atoms with van der Waals surface area (Å²) in [6.07, 6.45) is 1.87. The third-order valence-electron chi connectivity index (χ3n) is 18.7. The molecule has 0 atom stereocenters. The minimum absolute atomic E-state index is 0.0309. The topological polar surface area (TPSA) is 147 Å². The number of nitrogens with zero attached hydrogens (tertiary/aromatic N) is 7. The fourth-order valence-electron chi connectivity index (χ4n) is 13.5. The maximum absolute atomic E-state index is 13.4. The van der Waals surface area contributed by atoms with Gasteiger partial charge in [-0.05, 0) is 213 Å². The van der Waals surface area contributed by atoms with Crippen LogP contribution in [0.2, 0.25) is 0 Å². The number of para-hydroxylation sites is 3. The van der Waals surface area contributed by atoms with Crippen LogP contribution >= 0.6 is 35.3 Å². The molecule has 512 valence electrons. The van der Waals surface area contributed by atoms with Crippen LogP contribution in [-0.4, -0.2) is 173 Å². The summed E-state index contributed by atoms with van der Waals surface area (Å²) in [5, 5.41) is 24.3. The number of anilines is 6. The number of nitrogens with two attached hydrogens (primary N) is 1. The van der Waals surface area contributed by atoms with Crippen LogP contribution in [0.4, 0.5) is 60.5 Å². The number of fused-ring (bicyclic) bond motifs is 6. The number of rotatable bonds is 23. The van der Waals surface area contributed by atoms with E-state index in [1.807, 2.05) is 60.7 Å². The molecule has 0 aromatic heterocycles. The number of hydrogen-bond donors (Lipinski definition) is 5. The first-order valence-electron chi connectivity index (χ1n) is 33.5. The molecule has 6 aliphatic heterocycles. The van der Waals surface area contributed by atoms with Gasteiger partial charge in [0.25, 0.3) is 0 Å².